The van der Waals surface area contributed by atoms with Gasteiger partial charge in [0.15, 0.2) is 22.6 Å². The van der Waals surface area contributed by atoms with E-state index in [0.29, 0.717) is 29.6 Å². The summed E-state index contributed by atoms with van der Waals surface area (Å²) in [4.78, 5) is 16.3. The Morgan fingerprint density at radius 3 is 2.73 bits per heavy atom. The zero-order valence-corrected chi connectivity index (χ0v) is 13.9. The summed E-state index contributed by atoms with van der Waals surface area (Å²) < 4.78 is 40.8. The van der Waals surface area contributed by atoms with Gasteiger partial charge in [-0.05, 0) is 29.7 Å². The highest BCUT2D eigenvalue weighted by atomic mass is 19.3. The number of ketones is 1. The van der Waals surface area contributed by atoms with Gasteiger partial charge in [0.2, 0.25) is 5.89 Å². The average molecular weight is 359 g/mol. The molecule has 0 fully saturated rings. The Balaban J connectivity index is 1.93. The second-order valence-electron chi connectivity index (χ2n) is 5.96. The number of rotatable bonds is 5. The highest BCUT2D eigenvalue weighted by molar-refractivity contribution is 6.04. The van der Waals surface area contributed by atoms with Crippen molar-refractivity contribution in [1.82, 2.24) is 4.98 Å². The fourth-order valence-corrected chi connectivity index (χ4v) is 3.36. The topological polar surface area (TPSA) is 61.6 Å². The number of Topliss-reactive ketones (excluding diaryl/α,β-unsaturated/α-hetero) is 1. The highest BCUT2D eigenvalue weighted by Gasteiger charge is 2.25. The first kappa shape index (κ1) is 16.7. The molecule has 0 radical (unpaired) electrons. The van der Waals surface area contributed by atoms with Gasteiger partial charge in [0, 0.05) is 24.7 Å². The monoisotopic (exact) mass is 359 g/mol. The predicted molar refractivity (Wildman–Crippen MR) is 89.4 cm³/mol. The lowest BCUT2D eigenvalue weighted by molar-refractivity contribution is -0.0489. The summed E-state index contributed by atoms with van der Waals surface area (Å²) in [6, 6.07) is 8.59. The van der Waals surface area contributed by atoms with Crippen molar-refractivity contribution in [1.29, 1.82) is 0 Å². The zero-order valence-electron chi connectivity index (χ0n) is 13.9. The molecule has 4 rings (SSSR count). The number of carbonyl (C=O) groups excluding carboxylic acids is 1. The number of methoxy groups -OCH3 is 1. The molecule has 7 heteroatoms. The number of ether oxygens (including phenoxy) is 2. The van der Waals surface area contributed by atoms with E-state index < -0.39 is 6.61 Å². The third kappa shape index (κ3) is 2.74. The van der Waals surface area contributed by atoms with Crippen LogP contribution in [0, 0.1) is 0 Å². The Morgan fingerprint density at radius 1 is 1.15 bits per heavy atom. The first-order chi connectivity index (χ1) is 12.6. The van der Waals surface area contributed by atoms with Crippen LogP contribution in [0.15, 0.2) is 34.7 Å². The first-order valence-electron chi connectivity index (χ1n) is 8.10. The van der Waals surface area contributed by atoms with E-state index in [-0.39, 0.29) is 29.5 Å². The maximum Gasteiger partial charge on any atom is 0.387 e. The van der Waals surface area contributed by atoms with Crippen LogP contribution in [-0.4, -0.2) is 24.5 Å². The molecule has 1 aliphatic rings. The Bertz CT molecular complexity index is 997. The molecule has 5 nitrogen and oxygen atoms in total. The number of carbonyl (C=O) groups is 1. The number of hydrogen-bond donors (Lipinski definition) is 0. The van der Waals surface area contributed by atoms with Crippen molar-refractivity contribution < 1.29 is 27.5 Å². The molecule has 0 aliphatic heterocycles. The molecule has 0 saturated heterocycles. The van der Waals surface area contributed by atoms with Crippen molar-refractivity contribution in [2.75, 3.05) is 7.11 Å². The minimum Gasteiger partial charge on any atom is -0.437 e. The molecule has 0 unspecified atom stereocenters. The maximum absolute atomic E-state index is 12.7. The zero-order chi connectivity index (χ0) is 18.3. The fraction of sp³-hybridized carbons (Fsp3) is 0.263. The van der Waals surface area contributed by atoms with E-state index in [9.17, 15) is 13.6 Å². The van der Waals surface area contributed by atoms with Crippen LogP contribution in [0.4, 0.5) is 8.78 Å². The van der Waals surface area contributed by atoms with Crippen molar-refractivity contribution >= 4 is 16.9 Å². The average Bonchev–Trinajstić information content (AvgIpc) is 3.20. The molecule has 0 bridgehead atoms. The van der Waals surface area contributed by atoms with Crippen molar-refractivity contribution in [3.05, 3.63) is 47.3 Å². The lowest BCUT2D eigenvalue weighted by atomic mass is 9.96. The number of aromatic nitrogens is 1. The molecule has 134 valence electrons. The number of hydrogen-bond acceptors (Lipinski definition) is 5. The first-order valence-corrected chi connectivity index (χ1v) is 8.10. The summed E-state index contributed by atoms with van der Waals surface area (Å²) in [5.74, 6) is 0.305. The Hall–Kier alpha value is -2.80. The standard InChI is InChI=1S/C19H15F2NO4/c1-24-9-16-22-17-15(25-19(20)21)8-6-13(18(17)26-16)10-3-2-4-12-11(10)5-7-14(12)23/h2-4,6,8,19H,5,7,9H2,1H3. The van der Waals surface area contributed by atoms with Gasteiger partial charge in [-0.15, -0.1) is 0 Å². The summed E-state index contributed by atoms with van der Waals surface area (Å²) in [6.07, 6.45) is 1.10. The maximum atomic E-state index is 12.7. The van der Waals surface area contributed by atoms with Crippen LogP contribution in [0.3, 0.4) is 0 Å². The van der Waals surface area contributed by atoms with E-state index >= 15 is 0 Å². The van der Waals surface area contributed by atoms with E-state index in [2.05, 4.69) is 9.72 Å². The molecule has 3 aromatic rings. The van der Waals surface area contributed by atoms with Crippen LogP contribution in [-0.2, 0) is 17.8 Å². The Kier molecular flexibility index (Phi) is 4.16. The van der Waals surface area contributed by atoms with Gasteiger partial charge in [0.1, 0.15) is 6.61 Å². The van der Waals surface area contributed by atoms with Crippen LogP contribution in [0.25, 0.3) is 22.2 Å². The minimum absolute atomic E-state index is 0.0616. The molecule has 0 atom stereocenters. The lowest BCUT2D eigenvalue weighted by Crippen LogP contribution is -2.02. The Labute approximate surface area is 147 Å². The smallest absolute Gasteiger partial charge is 0.387 e. The molecule has 1 aromatic heterocycles. The largest absolute Gasteiger partial charge is 0.437 e. The van der Waals surface area contributed by atoms with E-state index in [1.54, 1.807) is 18.2 Å². The van der Waals surface area contributed by atoms with Gasteiger partial charge < -0.3 is 13.9 Å². The molecule has 1 heterocycles. The molecular formula is C19H15F2NO4. The normalized spacial score (nSPS) is 13.6. The van der Waals surface area contributed by atoms with Crippen molar-refractivity contribution in [2.45, 2.75) is 26.1 Å². The van der Waals surface area contributed by atoms with Crippen LogP contribution in [0.5, 0.6) is 5.75 Å². The Morgan fingerprint density at radius 2 is 1.96 bits per heavy atom. The van der Waals surface area contributed by atoms with E-state index in [1.807, 2.05) is 6.07 Å². The van der Waals surface area contributed by atoms with Gasteiger partial charge >= 0.3 is 6.61 Å². The number of nitrogens with zero attached hydrogens (tertiary/aromatic N) is 1. The molecule has 1 aliphatic carbocycles. The second-order valence-corrected chi connectivity index (χ2v) is 5.96. The van der Waals surface area contributed by atoms with Gasteiger partial charge in [-0.1, -0.05) is 18.2 Å². The SMILES string of the molecule is COCc1nc2c(OC(F)F)ccc(-c3cccc4c3CCC4=O)c2o1. The highest BCUT2D eigenvalue weighted by Crippen LogP contribution is 2.39. The van der Waals surface area contributed by atoms with Crippen LogP contribution in [0.1, 0.15) is 28.2 Å². The summed E-state index contributed by atoms with van der Waals surface area (Å²) in [6.45, 7) is -2.86. The van der Waals surface area contributed by atoms with Gasteiger partial charge in [0.25, 0.3) is 0 Å². The summed E-state index contributed by atoms with van der Waals surface area (Å²) >= 11 is 0. The molecule has 0 saturated carbocycles. The van der Waals surface area contributed by atoms with E-state index in [1.165, 1.54) is 13.2 Å². The molecule has 2 aromatic carbocycles. The molecule has 26 heavy (non-hydrogen) atoms. The van der Waals surface area contributed by atoms with Crippen molar-refractivity contribution in [2.24, 2.45) is 0 Å². The quantitative estimate of drug-likeness (QED) is 0.677. The van der Waals surface area contributed by atoms with Gasteiger partial charge in [-0.2, -0.15) is 8.78 Å². The van der Waals surface area contributed by atoms with E-state index in [0.717, 1.165) is 11.1 Å². The number of benzene rings is 2. The number of halogens is 2. The lowest BCUT2D eigenvalue weighted by Gasteiger charge is -2.10. The summed E-state index contributed by atoms with van der Waals surface area (Å²) in [5.41, 5.74) is 3.69. The van der Waals surface area contributed by atoms with Crippen LogP contribution >= 0.6 is 0 Å². The minimum atomic E-state index is -2.97. The molecule has 0 amide bonds. The van der Waals surface area contributed by atoms with Crippen LogP contribution in [0.2, 0.25) is 0 Å². The third-order valence-electron chi connectivity index (χ3n) is 4.40. The van der Waals surface area contributed by atoms with Gasteiger partial charge in [0.05, 0.1) is 0 Å². The van der Waals surface area contributed by atoms with Crippen molar-refractivity contribution in [3.63, 3.8) is 0 Å². The molecular weight excluding hydrogens is 344 g/mol. The predicted octanol–water partition coefficient (Wildman–Crippen LogP) is 4.37. The summed E-state index contributed by atoms with van der Waals surface area (Å²) in [5, 5.41) is 0. The van der Waals surface area contributed by atoms with Gasteiger partial charge in [-0.3, -0.25) is 4.79 Å². The second kappa shape index (κ2) is 6.49. The third-order valence-corrected chi connectivity index (χ3v) is 4.40. The van der Waals surface area contributed by atoms with E-state index in [4.69, 9.17) is 9.15 Å². The molecule has 0 spiro atoms. The fourth-order valence-electron chi connectivity index (χ4n) is 3.36. The summed E-state index contributed by atoms with van der Waals surface area (Å²) in [7, 11) is 1.49. The molecule has 0 N–H and O–H groups in total. The van der Waals surface area contributed by atoms with Crippen molar-refractivity contribution in [3.8, 4) is 16.9 Å². The van der Waals surface area contributed by atoms with Gasteiger partial charge in [-0.25, -0.2) is 4.98 Å². The van der Waals surface area contributed by atoms with Crippen LogP contribution < -0.4 is 4.74 Å². The number of alkyl halides is 2. The number of oxazole rings is 1. The number of fused-ring (bicyclic) bond motifs is 2.